The summed E-state index contributed by atoms with van der Waals surface area (Å²) in [5.41, 5.74) is 8.50. The van der Waals surface area contributed by atoms with Gasteiger partial charge in [0.25, 0.3) is 0 Å². The van der Waals surface area contributed by atoms with Gasteiger partial charge in [-0.05, 0) is 26.8 Å². The van der Waals surface area contributed by atoms with Crippen molar-refractivity contribution >= 4 is 0 Å². The van der Waals surface area contributed by atoms with Gasteiger partial charge in [0.2, 0.25) is 0 Å². The van der Waals surface area contributed by atoms with Gasteiger partial charge in [0.1, 0.15) is 0 Å². The fraction of sp³-hybridized carbons (Fsp3) is 0.714. The summed E-state index contributed by atoms with van der Waals surface area (Å²) in [6.07, 6.45) is 1.16. The Morgan fingerprint density at radius 2 is 1.88 bits per heavy atom. The number of hydrogen-bond acceptors (Lipinski definition) is 1. The van der Waals surface area contributed by atoms with E-state index in [1.165, 1.54) is 0 Å². The lowest BCUT2D eigenvalue weighted by molar-refractivity contribution is 0.751. The van der Waals surface area contributed by atoms with Crippen molar-refractivity contribution in [1.82, 2.24) is 0 Å². The number of hydrogen-bond donors (Lipinski definition) is 1. The molecule has 0 aliphatic heterocycles. The van der Waals surface area contributed by atoms with E-state index >= 15 is 0 Å². The van der Waals surface area contributed by atoms with Crippen LogP contribution in [0.2, 0.25) is 0 Å². The van der Waals surface area contributed by atoms with Gasteiger partial charge in [0.15, 0.2) is 0 Å². The first-order valence-electron chi connectivity index (χ1n) is 3.14. The van der Waals surface area contributed by atoms with E-state index in [4.69, 9.17) is 5.73 Å². The molecule has 0 radical (unpaired) electrons. The number of nitrogens with two attached hydrogens (primary N) is 1. The molecule has 0 unspecified atom stereocenters. The summed E-state index contributed by atoms with van der Waals surface area (Å²) in [5, 5.41) is 0. The van der Waals surface area contributed by atoms with E-state index in [0.29, 0.717) is 0 Å². The van der Waals surface area contributed by atoms with E-state index < -0.39 is 0 Å². The van der Waals surface area contributed by atoms with Crippen molar-refractivity contribution in [2.45, 2.75) is 20.3 Å². The molecule has 0 fully saturated rings. The molecule has 1 heteroatoms. The van der Waals surface area contributed by atoms with E-state index in [0.717, 1.165) is 18.9 Å². The molecule has 2 N–H and O–H groups in total. The minimum Gasteiger partial charge on any atom is -0.330 e. The summed E-state index contributed by atoms with van der Waals surface area (Å²) in [6.45, 7) is 5.21. The molecule has 1 rings (SSSR count). The molecular weight excluding hydrogens is 98.1 g/mol. The molecule has 0 aromatic heterocycles. The maximum Gasteiger partial charge on any atom is 0.00190 e. The Hall–Kier alpha value is -0.300. The molecule has 0 aromatic carbocycles. The largest absolute Gasteiger partial charge is 0.330 e. The van der Waals surface area contributed by atoms with Crippen molar-refractivity contribution in [3.8, 4) is 0 Å². The van der Waals surface area contributed by atoms with Crippen molar-refractivity contribution in [1.29, 1.82) is 0 Å². The highest BCUT2D eigenvalue weighted by atomic mass is 14.5. The molecule has 0 saturated heterocycles. The normalized spacial score (nSPS) is 19.9. The molecule has 46 valence electrons. The molecule has 0 spiro atoms. The topological polar surface area (TPSA) is 26.0 Å². The Kier molecular flexibility index (Phi) is 1.39. The maximum absolute atomic E-state index is 5.37. The zero-order valence-electron chi connectivity index (χ0n) is 5.57. The Morgan fingerprint density at radius 3 is 2.00 bits per heavy atom. The smallest absolute Gasteiger partial charge is 0.00190 e. The molecule has 1 aliphatic rings. The summed E-state index contributed by atoms with van der Waals surface area (Å²) in [6, 6.07) is 0. The standard InChI is InChI=1S/C7H13N/c1-5-6(2)7(5)3-4-8/h7H,3-4,8H2,1-2H3. The van der Waals surface area contributed by atoms with E-state index in [-0.39, 0.29) is 0 Å². The predicted octanol–water partition coefficient (Wildman–Crippen LogP) is 1.30. The third-order valence-electron chi connectivity index (χ3n) is 2.04. The zero-order chi connectivity index (χ0) is 6.15. The SMILES string of the molecule is CC1=C(C)C1CCN. The molecule has 0 saturated carbocycles. The van der Waals surface area contributed by atoms with Crippen LogP contribution in [-0.2, 0) is 0 Å². The molecular formula is C7H13N. The molecule has 0 amide bonds. The van der Waals surface area contributed by atoms with Gasteiger partial charge in [-0.15, -0.1) is 0 Å². The van der Waals surface area contributed by atoms with Crippen LogP contribution in [0, 0.1) is 5.92 Å². The van der Waals surface area contributed by atoms with Crippen LogP contribution in [0.5, 0.6) is 0 Å². The molecule has 1 aliphatic carbocycles. The quantitative estimate of drug-likeness (QED) is 0.534. The van der Waals surface area contributed by atoms with Crippen molar-refractivity contribution in [2.24, 2.45) is 11.7 Å². The summed E-state index contributed by atoms with van der Waals surface area (Å²) >= 11 is 0. The van der Waals surface area contributed by atoms with Crippen LogP contribution in [0.15, 0.2) is 11.1 Å². The summed E-state index contributed by atoms with van der Waals surface area (Å²) in [5.74, 6) is 0.792. The average molecular weight is 111 g/mol. The minimum atomic E-state index is 0.792. The summed E-state index contributed by atoms with van der Waals surface area (Å²) in [4.78, 5) is 0. The average Bonchev–Trinajstić information content (AvgIpc) is 2.25. The van der Waals surface area contributed by atoms with Crippen LogP contribution < -0.4 is 5.73 Å². The van der Waals surface area contributed by atoms with Gasteiger partial charge in [-0.1, -0.05) is 11.1 Å². The highest BCUT2D eigenvalue weighted by molar-refractivity contribution is 5.37. The van der Waals surface area contributed by atoms with Crippen LogP contribution in [0.4, 0.5) is 0 Å². The van der Waals surface area contributed by atoms with Crippen LogP contribution in [0.25, 0.3) is 0 Å². The molecule has 1 nitrogen and oxygen atoms in total. The monoisotopic (exact) mass is 111 g/mol. The van der Waals surface area contributed by atoms with E-state index in [1.54, 1.807) is 11.1 Å². The Bertz CT molecular complexity index is 112. The second kappa shape index (κ2) is 1.90. The minimum absolute atomic E-state index is 0.792. The van der Waals surface area contributed by atoms with Crippen molar-refractivity contribution in [3.05, 3.63) is 11.1 Å². The third kappa shape index (κ3) is 0.781. The number of rotatable bonds is 2. The Morgan fingerprint density at radius 1 is 1.38 bits per heavy atom. The van der Waals surface area contributed by atoms with Crippen LogP contribution >= 0.6 is 0 Å². The fourth-order valence-electron chi connectivity index (χ4n) is 1.15. The van der Waals surface area contributed by atoms with Gasteiger partial charge >= 0.3 is 0 Å². The van der Waals surface area contributed by atoms with Crippen molar-refractivity contribution in [3.63, 3.8) is 0 Å². The van der Waals surface area contributed by atoms with Crippen LogP contribution in [-0.4, -0.2) is 6.54 Å². The van der Waals surface area contributed by atoms with Gasteiger partial charge in [0, 0.05) is 5.92 Å². The molecule has 0 bridgehead atoms. The van der Waals surface area contributed by atoms with Crippen molar-refractivity contribution < 1.29 is 0 Å². The second-order valence-corrected chi connectivity index (χ2v) is 2.50. The lowest BCUT2D eigenvalue weighted by atomic mass is 10.2. The van der Waals surface area contributed by atoms with E-state index in [9.17, 15) is 0 Å². The Labute approximate surface area is 50.6 Å². The number of allylic oxidation sites excluding steroid dienone is 2. The van der Waals surface area contributed by atoms with Gasteiger partial charge in [0.05, 0.1) is 0 Å². The van der Waals surface area contributed by atoms with Gasteiger partial charge < -0.3 is 5.73 Å². The summed E-state index contributed by atoms with van der Waals surface area (Å²) in [7, 11) is 0. The summed E-state index contributed by atoms with van der Waals surface area (Å²) < 4.78 is 0. The molecule has 0 atom stereocenters. The predicted molar refractivity (Wildman–Crippen MR) is 35.5 cm³/mol. The third-order valence-corrected chi connectivity index (χ3v) is 2.04. The van der Waals surface area contributed by atoms with E-state index in [2.05, 4.69) is 13.8 Å². The highest BCUT2D eigenvalue weighted by Crippen LogP contribution is 2.40. The van der Waals surface area contributed by atoms with Gasteiger partial charge in [-0.3, -0.25) is 0 Å². The lowest BCUT2D eigenvalue weighted by Gasteiger charge is -1.91. The molecule has 0 aromatic rings. The zero-order valence-corrected chi connectivity index (χ0v) is 5.57. The first-order valence-corrected chi connectivity index (χ1v) is 3.14. The first-order chi connectivity index (χ1) is 3.77. The van der Waals surface area contributed by atoms with Gasteiger partial charge in [-0.2, -0.15) is 0 Å². The molecule has 8 heavy (non-hydrogen) atoms. The van der Waals surface area contributed by atoms with Gasteiger partial charge in [-0.25, -0.2) is 0 Å². The van der Waals surface area contributed by atoms with Crippen LogP contribution in [0.3, 0.4) is 0 Å². The highest BCUT2D eigenvalue weighted by Gasteiger charge is 2.26. The Balaban J connectivity index is 2.21. The second-order valence-electron chi connectivity index (χ2n) is 2.50. The lowest BCUT2D eigenvalue weighted by Crippen LogP contribution is -2.00. The fourth-order valence-corrected chi connectivity index (χ4v) is 1.15. The van der Waals surface area contributed by atoms with Crippen LogP contribution in [0.1, 0.15) is 20.3 Å². The maximum atomic E-state index is 5.37. The van der Waals surface area contributed by atoms with Crippen molar-refractivity contribution in [2.75, 3.05) is 6.54 Å². The first kappa shape index (κ1) is 5.83. The molecule has 0 heterocycles. The van der Waals surface area contributed by atoms with E-state index in [1.807, 2.05) is 0 Å².